The highest BCUT2D eigenvalue weighted by Gasteiger charge is 2.56. The fourth-order valence-electron chi connectivity index (χ4n) is 15.6. The third-order valence-electron chi connectivity index (χ3n) is 20.3. The highest BCUT2D eigenvalue weighted by Crippen LogP contribution is 2.61. The summed E-state index contributed by atoms with van der Waals surface area (Å²) in [6.07, 6.45) is 12.6. The van der Waals surface area contributed by atoms with Crippen molar-refractivity contribution in [3.8, 4) is 11.1 Å². The van der Waals surface area contributed by atoms with Crippen molar-refractivity contribution >= 4 is 102 Å². The minimum Gasteiger partial charge on any atom is -0.476 e. The molecule has 5 atom stereocenters. The predicted molar refractivity (Wildman–Crippen MR) is 395 cm³/mol. The number of nitrogens with two attached hydrogens (primary N) is 1. The fourth-order valence-corrected chi connectivity index (χ4v) is 16.9. The van der Waals surface area contributed by atoms with Crippen molar-refractivity contribution in [3.05, 3.63) is 131 Å². The molecular weight excluding hydrogens is 1390 g/mol. The van der Waals surface area contributed by atoms with Crippen molar-refractivity contribution < 1.29 is 70.7 Å². The summed E-state index contributed by atoms with van der Waals surface area (Å²) in [4.78, 5) is 131. The Kier molecular flexibility index (Phi) is 25.6. The molecule has 0 spiro atoms. The first-order valence-corrected chi connectivity index (χ1v) is 38.4. The number of fused-ring (bicyclic) bond motifs is 4. The topological polar surface area (TPSA) is 386 Å². The van der Waals surface area contributed by atoms with Crippen LogP contribution >= 0.6 is 11.3 Å². The Bertz CT molecular complexity index is 4300. The smallest absolute Gasteiger partial charge is 0.410 e. The van der Waals surface area contributed by atoms with Crippen LogP contribution in [0, 0.1) is 23.7 Å². The van der Waals surface area contributed by atoms with E-state index < -0.39 is 69.4 Å². The maximum absolute atomic E-state index is 14.0. The van der Waals surface area contributed by atoms with Crippen LogP contribution in [-0.4, -0.2) is 164 Å². The molecule has 30 heteroatoms. The van der Waals surface area contributed by atoms with E-state index in [0.29, 0.717) is 90.6 Å². The Morgan fingerprint density at radius 2 is 1.61 bits per heavy atom. The Labute approximate surface area is 614 Å². The Morgan fingerprint density at radius 1 is 0.838 bits per heavy atom. The molecule has 2 fully saturated rings. The number of hydrogen-bond acceptors (Lipinski definition) is 18. The zero-order chi connectivity index (χ0) is 75.2. The maximum Gasteiger partial charge on any atom is 0.410 e. The summed E-state index contributed by atoms with van der Waals surface area (Å²) in [5, 5.41) is 30.0. The van der Waals surface area contributed by atoms with Crippen LogP contribution in [0.4, 0.5) is 26.2 Å². The number of anilines is 3. The number of primary amides is 1. The largest absolute Gasteiger partial charge is 0.476 e. The Hall–Kier alpha value is -9.65. The number of amides is 9. The molecule has 0 saturated heterocycles. The number of nitrogens with zero attached hydrogens (tertiary/aromatic N) is 7. The number of unbranched alkanes of at least 4 members (excludes halogenated alkanes) is 2. The molecule has 3 unspecified atom stereocenters. The number of carboxylic acid groups (broad SMARTS) is 1. The van der Waals surface area contributed by atoms with Crippen molar-refractivity contribution in [1.82, 2.24) is 45.5 Å². The number of carbonyl (C=O) groups excluding carboxylic acids is 8. The second-order valence-corrected chi connectivity index (χ2v) is 31.4. The van der Waals surface area contributed by atoms with Crippen molar-refractivity contribution in [1.29, 1.82) is 0 Å². The predicted octanol–water partition coefficient (Wildman–Crippen LogP) is 9.71. The van der Waals surface area contributed by atoms with Gasteiger partial charge in [-0.2, -0.15) is 13.5 Å². The summed E-state index contributed by atoms with van der Waals surface area (Å²) in [6, 6.07) is 20.5. The summed E-state index contributed by atoms with van der Waals surface area (Å²) < 4.78 is 49.3. The van der Waals surface area contributed by atoms with E-state index in [1.807, 2.05) is 59.0 Å². The van der Waals surface area contributed by atoms with E-state index in [1.54, 1.807) is 56.4 Å². The molecule has 0 radical (unpaired) electrons. The van der Waals surface area contributed by atoms with Crippen LogP contribution in [0.1, 0.15) is 167 Å². The van der Waals surface area contributed by atoms with Gasteiger partial charge in [-0.15, -0.1) is 0 Å². The summed E-state index contributed by atoms with van der Waals surface area (Å²) in [5.41, 5.74) is 10.0. The highest BCUT2D eigenvalue weighted by atomic mass is 32.2. The molecule has 5 heterocycles. The first-order chi connectivity index (χ1) is 50.1. The van der Waals surface area contributed by atoms with Gasteiger partial charge in [-0.1, -0.05) is 88.3 Å². The van der Waals surface area contributed by atoms with Gasteiger partial charge in [0.2, 0.25) is 17.7 Å². The van der Waals surface area contributed by atoms with Gasteiger partial charge in [0.05, 0.1) is 34.4 Å². The van der Waals surface area contributed by atoms with Crippen LogP contribution in [0.2, 0.25) is 0 Å². The summed E-state index contributed by atoms with van der Waals surface area (Å²) in [6.45, 7) is 11.5. The summed E-state index contributed by atoms with van der Waals surface area (Å²) in [5.74, 6) is -4.32. The summed E-state index contributed by atoms with van der Waals surface area (Å²) in [7, 11) is -4.37. The quantitative estimate of drug-likeness (QED) is 0.0104. The number of hydrogen-bond donors (Lipinski definition) is 8. The van der Waals surface area contributed by atoms with Crippen LogP contribution in [-0.2, 0) is 69.7 Å². The van der Waals surface area contributed by atoms with Crippen molar-refractivity contribution in [3.63, 3.8) is 0 Å². The Balaban J connectivity index is 0.757. The van der Waals surface area contributed by atoms with E-state index in [4.69, 9.17) is 25.3 Å². The number of carboxylic acids is 1. The molecule has 9 amide bonds. The van der Waals surface area contributed by atoms with E-state index in [1.165, 1.54) is 28.4 Å². The lowest BCUT2D eigenvalue weighted by atomic mass is 9.51. The highest BCUT2D eigenvalue weighted by molar-refractivity contribution is 7.85. The minimum atomic E-state index is -4.37. The second kappa shape index (κ2) is 34.5. The van der Waals surface area contributed by atoms with Gasteiger partial charge in [0.25, 0.3) is 27.8 Å². The van der Waals surface area contributed by atoms with Gasteiger partial charge >= 0.3 is 18.1 Å². The standard InChI is InChI=1S/C75H95N13O15S2/c1-6-31-73(5)44-74(47-88-49(4)55(41-78-88)53-26-27-60(82-65(53)69(95)96)86-37-30-51-16-12-17-54(56(51)42-86)66(92)84-71-81-57-18-9-10-20-59(57)104-71)32-14-33-75(45-73,46-74)103-39-38-85(35-15-40-105(99,100)101)72(98)102-43-50-22-24-52(25-23-50)79-67(93)58(19-13-34-77-70(76)97)80-68(94)64(48(2)3)83-61(89)21-8-7-11-36-87-62(90)28-29-63(87)91/h9-10,12,16-18,20,22-29,41,48,58,64H,6-8,11,13-15,19,21,30-40,42-47H2,1-5H3,(H,79,93)(H,80,94)(H,83,89)(H,95,96)(H3,76,77,97)(H,81,84,92)(H,99,100,101)/t58-,64-,73?,74?,75?/m0/s1. The maximum atomic E-state index is 14.0. The number of rotatable bonds is 35. The van der Waals surface area contributed by atoms with Gasteiger partial charge in [-0.3, -0.25) is 48.2 Å². The lowest BCUT2D eigenvalue weighted by molar-refractivity contribution is -0.174. The lowest BCUT2D eigenvalue weighted by Gasteiger charge is -2.58. The fraction of sp³-hybridized carbons (Fsp3) is 0.493. The molecule has 6 aromatic rings. The number of pyridine rings is 1. The van der Waals surface area contributed by atoms with Gasteiger partial charge in [-0.25, -0.2) is 24.4 Å². The third-order valence-corrected chi connectivity index (χ3v) is 22.0. The van der Waals surface area contributed by atoms with Crippen molar-refractivity contribution in [2.75, 3.05) is 60.6 Å². The van der Waals surface area contributed by atoms with Crippen LogP contribution < -0.4 is 37.2 Å². The number of benzene rings is 3. The van der Waals surface area contributed by atoms with E-state index in [9.17, 15) is 61.2 Å². The number of para-hydroxylation sites is 1. The number of imide groups is 1. The van der Waals surface area contributed by atoms with E-state index in [2.05, 4.69) is 45.4 Å². The number of thiazole rings is 1. The molecule has 562 valence electrons. The van der Waals surface area contributed by atoms with Crippen LogP contribution in [0.3, 0.4) is 0 Å². The first kappa shape index (κ1) is 78.0. The third kappa shape index (κ3) is 20.5. The van der Waals surface area contributed by atoms with Crippen molar-refractivity contribution in [2.45, 2.75) is 175 Å². The molecule has 9 N–H and O–H groups in total. The molecule has 2 saturated carbocycles. The average molecular weight is 1480 g/mol. The molecule has 3 aromatic carbocycles. The number of nitrogens with one attached hydrogen (secondary N) is 5. The van der Waals surface area contributed by atoms with Crippen molar-refractivity contribution in [2.24, 2.45) is 22.5 Å². The molecule has 4 aliphatic rings. The van der Waals surface area contributed by atoms with Gasteiger partial charge in [-0.05, 0) is 166 Å². The van der Waals surface area contributed by atoms with Gasteiger partial charge in [0.1, 0.15) is 24.5 Å². The number of urea groups is 1. The second-order valence-electron chi connectivity index (χ2n) is 28.8. The Morgan fingerprint density at radius 3 is 2.33 bits per heavy atom. The number of aromatic carboxylic acids is 1. The zero-order valence-corrected chi connectivity index (χ0v) is 61.7. The van der Waals surface area contributed by atoms with Gasteiger partial charge in [0, 0.05) is 92.5 Å². The zero-order valence-electron chi connectivity index (χ0n) is 60.1. The van der Waals surface area contributed by atoms with E-state index in [-0.39, 0.29) is 105 Å². The molecule has 2 aliphatic carbocycles. The van der Waals surface area contributed by atoms with Crippen LogP contribution in [0.5, 0.6) is 0 Å². The van der Waals surface area contributed by atoms with E-state index in [0.717, 1.165) is 76.9 Å². The summed E-state index contributed by atoms with van der Waals surface area (Å²) >= 11 is 1.40. The first-order valence-electron chi connectivity index (χ1n) is 36.0. The molecule has 2 bridgehead atoms. The molecule has 105 heavy (non-hydrogen) atoms. The monoisotopic (exact) mass is 1480 g/mol. The van der Waals surface area contributed by atoms with Crippen LogP contribution in [0.15, 0.2) is 97.2 Å². The lowest BCUT2D eigenvalue weighted by Crippen LogP contribution is -2.55. The SMILES string of the molecule is CCCC1(C)CC2(Cn3ncc(-c4ccc(N5CCc6cccc(C(=O)Nc7nc8ccccc8s7)c6C5)nc4C(=O)O)c3C)CCCC(OCCN(CCCS(=O)(=O)O)C(=O)OCc3ccc(NC(=O)[C@H](CCCNC(N)=O)NC(=O)[C@@H](NC(=O)CCCCCN4C(=O)C=CC4=O)C(C)C)cc3)(C1)C2. The normalized spacial score (nSPS) is 19.0. The molecule has 3 aromatic heterocycles. The van der Waals surface area contributed by atoms with E-state index >= 15 is 0 Å². The van der Waals surface area contributed by atoms with Gasteiger partial charge < -0.3 is 51.4 Å². The van der Waals surface area contributed by atoms with Gasteiger partial charge in [0.15, 0.2) is 10.8 Å². The molecular formula is C75H95N13O15S2. The number of carbonyl (C=O) groups is 9. The number of aromatic nitrogens is 4. The average Bonchev–Trinajstić information content (AvgIpc) is 1.46. The minimum absolute atomic E-state index is 0.0393. The molecule has 2 aliphatic heterocycles. The number of ether oxygens (including phenoxy) is 2. The molecule has 28 nitrogen and oxygen atoms in total. The molecule has 10 rings (SSSR count). The van der Waals surface area contributed by atoms with Crippen LogP contribution in [0.25, 0.3) is 21.3 Å².